The molecule has 0 radical (unpaired) electrons. The molecule has 0 unspecified atom stereocenters. The molecule has 0 spiro atoms. The minimum Gasteiger partial charge on any atom is -0.308 e. The average molecular weight is 845 g/mol. The van der Waals surface area contributed by atoms with E-state index >= 15 is 0 Å². The highest BCUT2D eigenvalue weighted by molar-refractivity contribution is 6.29. The summed E-state index contributed by atoms with van der Waals surface area (Å²) in [5.41, 5.74) is 16.6. The summed E-state index contributed by atoms with van der Waals surface area (Å²) in [4.78, 5) is 5.10. The summed E-state index contributed by atoms with van der Waals surface area (Å²) < 4.78 is 0. The summed E-state index contributed by atoms with van der Waals surface area (Å²) in [6, 6.07) is 81.0. The van der Waals surface area contributed by atoms with Gasteiger partial charge in [0.15, 0.2) is 0 Å². The maximum Gasteiger partial charge on any atom is 0.0569 e. The minimum absolute atomic E-state index is 1.14. The van der Waals surface area contributed by atoms with Crippen LogP contribution in [0.4, 0.5) is 34.1 Å². The zero-order valence-electron chi connectivity index (χ0n) is 37.7. The molecule has 0 aliphatic rings. The van der Waals surface area contributed by atoms with Crippen molar-refractivity contribution in [2.24, 2.45) is 0 Å². The first-order valence-electron chi connectivity index (χ1n) is 23.0. The summed E-state index contributed by atoms with van der Waals surface area (Å²) in [5.74, 6) is 0. The molecule has 66 heavy (non-hydrogen) atoms. The first kappa shape index (κ1) is 39.4. The Labute approximate surface area is 386 Å². The Morgan fingerprint density at radius 2 is 0.636 bits per heavy atom. The second kappa shape index (κ2) is 15.8. The molecule has 12 aromatic carbocycles. The van der Waals surface area contributed by atoms with Gasteiger partial charge in [-0.1, -0.05) is 193 Å². The maximum absolute atomic E-state index is 2.55. The standard InChI is InChI=1S/C64H48N2/c1-41-23-27-47-29-25-43(3)63(55(47)39-41)65(57-21-13-11-19-51(57)45-15-7-5-8-16-45)59-37-33-49-32-36-54-60(38-34-50-31-35-53(59)61(49)62(50)54)66(58-22-14-12-20-52(58)46-17-9-6-10-18-46)64-44(4)26-30-48-28-24-42(2)40-56(48)64/h5-40H,1-4H3. The molecular weight excluding hydrogens is 797 g/mol. The van der Waals surface area contributed by atoms with Crippen LogP contribution in [0.3, 0.4) is 0 Å². The van der Waals surface area contributed by atoms with Crippen molar-refractivity contribution in [1.29, 1.82) is 0 Å². The Morgan fingerprint density at radius 3 is 1.08 bits per heavy atom. The molecule has 0 N–H and O–H groups in total. The average Bonchev–Trinajstić information content (AvgIpc) is 3.36. The lowest BCUT2D eigenvalue weighted by molar-refractivity contribution is 1.28. The zero-order chi connectivity index (χ0) is 44.5. The van der Waals surface area contributed by atoms with Gasteiger partial charge in [-0.3, -0.25) is 0 Å². The fourth-order valence-corrected chi connectivity index (χ4v) is 10.6. The first-order valence-corrected chi connectivity index (χ1v) is 23.0. The van der Waals surface area contributed by atoms with E-state index in [1.165, 1.54) is 110 Å². The number of hydrogen-bond donors (Lipinski definition) is 0. The number of hydrogen-bond acceptors (Lipinski definition) is 2. The number of benzene rings is 12. The molecule has 0 aromatic heterocycles. The van der Waals surface area contributed by atoms with Crippen molar-refractivity contribution < 1.29 is 0 Å². The fourth-order valence-electron chi connectivity index (χ4n) is 10.6. The fraction of sp³-hybridized carbons (Fsp3) is 0.0625. The van der Waals surface area contributed by atoms with E-state index in [9.17, 15) is 0 Å². The van der Waals surface area contributed by atoms with E-state index in [0.717, 1.165) is 22.7 Å². The third-order valence-electron chi connectivity index (χ3n) is 13.7. The number of aryl methyl sites for hydroxylation is 4. The van der Waals surface area contributed by atoms with E-state index in [2.05, 4.69) is 256 Å². The van der Waals surface area contributed by atoms with E-state index in [-0.39, 0.29) is 0 Å². The van der Waals surface area contributed by atoms with Crippen molar-refractivity contribution in [2.45, 2.75) is 27.7 Å². The van der Waals surface area contributed by atoms with Crippen molar-refractivity contribution in [3.05, 3.63) is 241 Å². The molecule has 0 aliphatic carbocycles. The van der Waals surface area contributed by atoms with E-state index in [0.29, 0.717) is 0 Å². The minimum atomic E-state index is 1.14. The van der Waals surface area contributed by atoms with E-state index < -0.39 is 0 Å². The van der Waals surface area contributed by atoms with Gasteiger partial charge in [0, 0.05) is 32.7 Å². The highest BCUT2D eigenvalue weighted by Gasteiger charge is 2.27. The highest BCUT2D eigenvalue weighted by Crippen LogP contribution is 2.52. The SMILES string of the molecule is Cc1ccc2ccc(C)c(N(c3ccccc3-c3ccccc3)c3ccc4ccc5c(N(c6ccccc6-c6ccccc6)c6c(C)ccc7ccc(C)cc67)ccc6ccc3c4c65)c2c1. The van der Waals surface area contributed by atoms with Crippen LogP contribution in [0, 0.1) is 27.7 Å². The Morgan fingerprint density at radius 1 is 0.273 bits per heavy atom. The Balaban J connectivity index is 1.18. The van der Waals surface area contributed by atoms with Crippen LogP contribution in [0.1, 0.15) is 22.3 Å². The van der Waals surface area contributed by atoms with Gasteiger partial charge < -0.3 is 9.80 Å². The normalized spacial score (nSPS) is 11.6. The van der Waals surface area contributed by atoms with Crippen LogP contribution in [-0.4, -0.2) is 0 Å². The van der Waals surface area contributed by atoms with Crippen molar-refractivity contribution in [3.63, 3.8) is 0 Å². The molecule has 0 fully saturated rings. The number of anilines is 6. The van der Waals surface area contributed by atoms with Crippen LogP contribution in [0.25, 0.3) is 76.1 Å². The van der Waals surface area contributed by atoms with Crippen LogP contribution in [0.15, 0.2) is 218 Å². The molecule has 0 saturated carbocycles. The molecule has 0 amide bonds. The van der Waals surface area contributed by atoms with Gasteiger partial charge in [0.05, 0.1) is 34.1 Å². The lowest BCUT2D eigenvalue weighted by Gasteiger charge is -2.33. The third kappa shape index (κ3) is 6.40. The van der Waals surface area contributed by atoms with Gasteiger partial charge in [-0.25, -0.2) is 0 Å². The zero-order valence-corrected chi connectivity index (χ0v) is 37.7. The number of rotatable bonds is 8. The molecule has 0 aliphatic heterocycles. The van der Waals surface area contributed by atoms with Gasteiger partial charge >= 0.3 is 0 Å². The first-order chi connectivity index (χ1) is 32.4. The van der Waals surface area contributed by atoms with Crippen LogP contribution in [0.2, 0.25) is 0 Å². The summed E-state index contributed by atoms with van der Waals surface area (Å²) in [6.45, 7) is 8.92. The summed E-state index contributed by atoms with van der Waals surface area (Å²) in [7, 11) is 0. The van der Waals surface area contributed by atoms with Crippen LogP contribution < -0.4 is 9.80 Å². The van der Waals surface area contributed by atoms with E-state index in [1.807, 2.05) is 0 Å². The smallest absolute Gasteiger partial charge is 0.0569 e. The Kier molecular flexibility index (Phi) is 9.43. The lowest BCUT2D eigenvalue weighted by Crippen LogP contribution is -2.14. The predicted octanol–water partition coefficient (Wildman–Crippen LogP) is 18.4. The van der Waals surface area contributed by atoms with Gasteiger partial charge in [0.25, 0.3) is 0 Å². The maximum atomic E-state index is 2.55. The van der Waals surface area contributed by atoms with Crippen molar-refractivity contribution in [3.8, 4) is 22.3 Å². The van der Waals surface area contributed by atoms with E-state index in [1.54, 1.807) is 0 Å². The third-order valence-corrected chi connectivity index (χ3v) is 13.7. The molecule has 314 valence electrons. The van der Waals surface area contributed by atoms with Crippen molar-refractivity contribution >= 4 is 88.0 Å². The molecule has 12 rings (SSSR count). The molecule has 0 atom stereocenters. The van der Waals surface area contributed by atoms with Gasteiger partial charge in [0.2, 0.25) is 0 Å². The summed E-state index contributed by atoms with van der Waals surface area (Å²) in [6.07, 6.45) is 0. The van der Waals surface area contributed by atoms with Crippen LogP contribution >= 0.6 is 0 Å². The molecular formula is C64H48N2. The van der Waals surface area contributed by atoms with Gasteiger partial charge in [-0.2, -0.15) is 0 Å². The van der Waals surface area contributed by atoms with Crippen molar-refractivity contribution in [1.82, 2.24) is 0 Å². The van der Waals surface area contributed by atoms with Gasteiger partial charge in [-0.15, -0.1) is 0 Å². The second-order valence-corrected chi connectivity index (χ2v) is 17.9. The highest BCUT2D eigenvalue weighted by atomic mass is 15.2. The molecule has 2 nitrogen and oxygen atoms in total. The largest absolute Gasteiger partial charge is 0.308 e. The topological polar surface area (TPSA) is 6.48 Å². The number of nitrogens with zero attached hydrogens (tertiary/aromatic N) is 2. The summed E-state index contributed by atoms with van der Waals surface area (Å²) in [5, 5.41) is 12.3. The summed E-state index contributed by atoms with van der Waals surface area (Å²) >= 11 is 0. The number of fused-ring (bicyclic) bond motifs is 2. The predicted molar refractivity (Wildman–Crippen MR) is 284 cm³/mol. The molecule has 0 heterocycles. The molecule has 2 heteroatoms. The molecule has 0 saturated heterocycles. The van der Waals surface area contributed by atoms with E-state index in [4.69, 9.17) is 0 Å². The Hall–Kier alpha value is -8.20. The lowest BCUT2D eigenvalue weighted by atomic mass is 9.90. The number of para-hydroxylation sites is 2. The Bertz CT molecular complexity index is 3550. The molecule has 12 aromatic rings. The van der Waals surface area contributed by atoms with Gasteiger partial charge in [-0.05, 0) is 119 Å². The van der Waals surface area contributed by atoms with Gasteiger partial charge in [0.1, 0.15) is 0 Å². The second-order valence-electron chi connectivity index (χ2n) is 17.9. The van der Waals surface area contributed by atoms with Crippen LogP contribution in [0.5, 0.6) is 0 Å². The molecule has 0 bridgehead atoms. The quantitative estimate of drug-likeness (QED) is 0.141. The van der Waals surface area contributed by atoms with Crippen LogP contribution in [-0.2, 0) is 0 Å². The monoisotopic (exact) mass is 844 g/mol. The van der Waals surface area contributed by atoms with Crippen molar-refractivity contribution in [2.75, 3.05) is 9.80 Å².